The van der Waals surface area contributed by atoms with Crippen LogP contribution in [0.1, 0.15) is 48.9 Å². The van der Waals surface area contributed by atoms with Gasteiger partial charge in [0, 0.05) is 32.2 Å². The Balaban J connectivity index is 1.66. The van der Waals surface area contributed by atoms with Crippen LogP contribution in [-0.4, -0.2) is 68.2 Å². The van der Waals surface area contributed by atoms with Crippen molar-refractivity contribution in [3.8, 4) is 0 Å². The van der Waals surface area contributed by atoms with Gasteiger partial charge in [0.1, 0.15) is 10.7 Å². The first-order valence-corrected chi connectivity index (χ1v) is 11.6. The lowest BCUT2D eigenvalue weighted by Gasteiger charge is -2.26. The summed E-state index contributed by atoms with van der Waals surface area (Å²) in [5.41, 5.74) is -2.98. The molecule has 2 amide bonds. The highest BCUT2D eigenvalue weighted by Crippen LogP contribution is 2.32. The molecule has 3 rings (SSSR count). The van der Waals surface area contributed by atoms with Crippen LogP contribution < -0.4 is 10.6 Å². The summed E-state index contributed by atoms with van der Waals surface area (Å²) in [4.78, 5) is 30.0. The quantitative estimate of drug-likeness (QED) is 0.619. The van der Waals surface area contributed by atoms with E-state index in [0.717, 1.165) is 10.4 Å². The number of furan rings is 1. The molecule has 1 saturated carbocycles. The number of alkyl halides is 3. The first-order valence-electron chi connectivity index (χ1n) is 10.1. The van der Waals surface area contributed by atoms with Crippen LogP contribution in [0, 0.1) is 6.92 Å². The molecule has 184 valence electrons. The highest BCUT2D eigenvalue weighted by molar-refractivity contribution is 7.89. The van der Waals surface area contributed by atoms with Crippen LogP contribution >= 0.6 is 0 Å². The molecule has 0 aromatic carbocycles. The van der Waals surface area contributed by atoms with Crippen LogP contribution in [0.5, 0.6) is 0 Å². The fraction of sp³-hybridized carbons (Fsp3) is 0.632. The minimum atomic E-state index is -4.69. The summed E-state index contributed by atoms with van der Waals surface area (Å²) < 4.78 is 69.6. The third-order valence-corrected chi connectivity index (χ3v) is 7.60. The van der Waals surface area contributed by atoms with Gasteiger partial charge in [0.2, 0.25) is 15.6 Å². The maximum atomic E-state index is 12.8. The van der Waals surface area contributed by atoms with Gasteiger partial charge in [-0.15, -0.1) is 0 Å². The van der Waals surface area contributed by atoms with Crippen LogP contribution in [0.2, 0.25) is 0 Å². The van der Waals surface area contributed by atoms with Crippen molar-refractivity contribution in [2.24, 2.45) is 5.16 Å². The SMILES string of the molecule is Cc1oc(C(=O)N[C@@H]2CCC[C@H]2NC(=O)C2(C)CC(C(F)(F)F)=NO2)cc1S(=O)(=O)N(C)C. The topological polar surface area (TPSA) is 130 Å². The Labute approximate surface area is 188 Å². The second-order valence-electron chi connectivity index (χ2n) is 8.44. The van der Waals surface area contributed by atoms with E-state index in [1.807, 2.05) is 0 Å². The van der Waals surface area contributed by atoms with Crippen LogP contribution in [0.3, 0.4) is 0 Å². The molecule has 1 aliphatic carbocycles. The third-order valence-electron chi connectivity index (χ3n) is 5.67. The Morgan fingerprint density at radius 3 is 2.36 bits per heavy atom. The largest absolute Gasteiger partial charge is 0.455 e. The van der Waals surface area contributed by atoms with E-state index >= 15 is 0 Å². The van der Waals surface area contributed by atoms with E-state index in [1.54, 1.807) is 0 Å². The summed E-state index contributed by atoms with van der Waals surface area (Å²) in [6, 6.07) is 0.0398. The van der Waals surface area contributed by atoms with Crippen molar-refractivity contribution in [2.45, 2.75) is 68.3 Å². The molecular weight excluding hydrogens is 469 g/mol. The molecule has 0 spiro atoms. The molecule has 2 aliphatic rings. The van der Waals surface area contributed by atoms with Gasteiger partial charge in [0.15, 0.2) is 11.5 Å². The summed E-state index contributed by atoms with van der Waals surface area (Å²) in [5, 5.41) is 8.35. The summed E-state index contributed by atoms with van der Waals surface area (Å²) in [6.07, 6.45) is -3.78. The number of carbonyl (C=O) groups excluding carboxylic acids is 2. The Morgan fingerprint density at radius 1 is 1.21 bits per heavy atom. The number of hydrogen-bond acceptors (Lipinski definition) is 7. The number of carbonyl (C=O) groups is 2. The van der Waals surface area contributed by atoms with Gasteiger partial charge in [-0.25, -0.2) is 12.7 Å². The van der Waals surface area contributed by atoms with Crippen molar-refractivity contribution >= 4 is 27.5 Å². The molecule has 1 aromatic rings. The zero-order valence-electron chi connectivity index (χ0n) is 18.4. The highest BCUT2D eigenvalue weighted by Gasteiger charge is 2.51. The van der Waals surface area contributed by atoms with Gasteiger partial charge in [-0.05, 0) is 33.1 Å². The lowest BCUT2D eigenvalue weighted by molar-refractivity contribution is -0.142. The number of oxime groups is 1. The summed E-state index contributed by atoms with van der Waals surface area (Å²) >= 11 is 0. The zero-order valence-corrected chi connectivity index (χ0v) is 19.3. The second kappa shape index (κ2) is 8.63. The van der Waals surface area contributed by atoms with Gasteiger partial charge >= 0.3 is 6.18 Å². The molecule has 1 aromatic heterocycles. The van der Waals surface area contributed by atoms with E-state index < -0.39 is 57.8 Å². The lowest BCUT2D eigenvalue weighted by atomic mass is 9.97. The van der Waals surface area contributed by atoms with E-state index in [4.69, 9.17) is 9.25 Å². The summed E-state index contributed by atoms with van der Waals surface area (Å²) in [7, 11) is -1.10. The number of hydrogen-bond donors (Lipinski definition) is 2. The number of aryl methyl sites for hydroxylation is 1. The van der Waals surface area contributed by atoms with E-state index in [0.29, 0.717) is 19.3 Å². The monoisotopic (exact) mass is 494 g/mol. The maximum absolute atomic E-state index is 12.8. The second-order valence-corrected chi connectivity index (χ2v) is 10.6. The third kappa shape index (κ3) is 5.00. The fourth-order valence-electron chi connectivity index (χ4n) is 3.71. The van der Waals surface area contributed by atoms with Crippen molar-refractivity contribution in [3.63, 3.8) is 0 Å². The molecule has 33 heavy (non-hydrogen) atoms. The van der Waals surface area contributed by atoms with E-state index in [2.05, 4.69) is 15.8 Å². The molecule has 3 atom stereocenters. The Hall–Kier alpha value is -2.61. The first kappa shape index (κ1) is 25.0. The van der Waals surface area contributed by atoms with Gasteiger partial charge in [-0.3, -0.25) is 9.59 Å². The average Bonchev–Trinajstić information content (AvgIpc) is 3.41. The number of halogens is 3. The number of amides is 2. The van der Waals surface area contributed by atoms with Crippen molar-refractivity contribution in [1.29, 1.82) is 0 Å². The van der Waals surface area contributed by atoms with Crippen LogP contribution in [0.25, 0.3) is 0 Å². The smallest absolute Gasteiger partial charge is 0.432 e. The molecule has 2 N–H and O–H groups in total. The minimum absolute atomic E-state index is 0.0527. The predicted octanol–water partition coefficient (Wildman–Crippen LogP) is 1.70. The van der Waals surface area contributed by atoms with E-state index in [-0.39, 0.29) is 16.4 Å². The normalized spacial score (nSPS) is 25.6. The number of sulfonamides is 1. The molecule has 0 bridgehead atoms. The number of nitrogens with one attached hydrogen (secondary N) is 2. The van der Waals surface area contributed by atoms with Gasteiger partial charge < -0.3 is 19.9 Å². The lowest BCUT2D eigenvalue weighted by Crippen LogP contribution is -2.54. The first-order chi connectivity index (χ1) is 15.1. The van der Waals surface area contributed by atoms with Gasteiger partial charge in [0.25, 0.3) is 11.8 Å². The van der Waals surface area contributed by atoms with Crippen molar-refractivity contribution in [2.75, 3.05) is 14.1 Å². The molecule has 2 heterocycles. The van der Waals surface area contributed by atoms with Gasteiger partial charge in [-0.2, -0.15) is 13.2 Å². The summed E-state index contributed by atoms with van der Waals surface area (Å²) in [5.74, 6) is -1.60. The van der Waals surface area contributed by atoms with Gasteiger partial charge in [-0.1, -0.05) is 5.16 Å². The van der Waals surface area contributed by atoms with E-state index in [1.165, 1.54) is 27.9 Å². The molecule has 0 saturated heterocycles. The molecule has 1 aliphatic heterocycles. The van der Waals surface area contributed by atoms with Crippen molar-refractivity contribution in [1.82, 2.24) is 14.9 Å². The number of nitrogens with zero attached hydrogens (tertiary/aromatic N) is 2. The average molecular weight is 494 g/mol. The molecule has 14 heteroatoms. The van der Waals surface area contributed by atoms with Crippen LogP contribution in [0.15, 0.2) is 20.5 Å². The summed E-state index contributed by atoms with van der Waals surface area (Å²) in [6.45, 7) is 2.64. The Bertz CT molecular complexity index is 1080. The molecule has 0 radical (unpaired) electrons. The maximum Gasteiger partial charge on any atom is 0.432 e. The molecule has 1 unspecified atom stereocenters. The minimum Gasteiger partial charge on any atom is -0.455 e. The standard InChI is InChI=1S/C19H25F3N4O6S/c1-10-14(33(29,30)26(3)4)8-13(31-10)16(27)23-11-6-5-7-12(11)24-17(28)18(2)9-15(25-32-18)19(20,21)22/h8,11-12H,5-7,9H2,1-4H3,(H,23,27)(H,24,28)/t11-,12-,18?/m1/s1. The van der Waals surface area contributed by atoms with Crippen molar-refractivity contribution < 1.29 is 40.4 Å². The highest BCUT2D eigenvalue weighted by atomic mass is 32.2. The zero-order chi connectivity index (χ0) is 24.8. The molecule has 1 fully saturated rings. The number of rotatable bonds is 6. The predicted molar refractivity (Wildman–Crippen MR) is 109 cm³/mol. The molecular formula is C19H25F3N4O6S. The van der Waals surface area contributed by atoms with Crippen LogP contribution in [0.4, 0.5) is 13.2 Å². The Kier molecular flexibility index (Phi) is 6.54. The van der Waals surface area contributed by atoms with Gasteiger partial charge in [0.05, 0.1) is 6.42 Å². The fourth-order valence-corrected chi connectivity index (χ4v) is 4.76. The van der Waals surface area contributed by atoms with Crippen molar-refractivity contribution in [3.05, 3.63) is 17.6 Å². The van der Waals surface area contributed by atoms with Crippen LogP contribution in [-0.2, 0) is 19.7 Å². The molecule has 10 nitrogen and oxygen atoms in total. The van der Waals surface area contributed by atoms with E-state index in [9.17, 15) is 31.2 Å². The Morgan fingerprint density at radius 2 is 1.82 bits per heavy atom.